The first-order valence-electron chi connectivity index (χ1n) is 24.8. The van der Waals surface area contributed by atoms with E-state index in [1.54, 1.807) is 0 Å². The molecule has 9 heteroatoms. The third-order valence-corrected chi connectivity index (χ3v) is 11.4. The molecule has 0 saturated carbocycles. The molecule has 60 heavy (non-hydrogen) atoms. The van der Waals surface area contributed by atoms with Gasteiger partial charge < -0.3 is 20.1 Å². The number of hydrogen-bond acceptors (Lipinski definition) is 7. The van der Waals surface area contributed by atoms with E-state index in [1.165, 1.54) is 128 Å². The number of rotatable bonds is 47. The molecule has 0 aliphatic heterocycles. The molecule has 0 aliphatic rings. The standard InChI is InChI=1S/C51H94NO7P/c1-3-5-7-9-11-13-15-17-19-20-21-22-23-24-25-26-27-28-29-31-33-35-37-39-41-43-46-56-48-50(49-58-60(54,55)57-47-45-52)59-51(53)44-42-40-38-36-34-32-30-18-16-14-12-10-8-6-4-2/h12,14-15,17-18,20-21,23-24,30,50H,3-11,13,16,19,22,25-29,31-49,52H2,1-2H3,(H,54,55)/b14-12-,17-15-,21-20-,24-23-,30-18-. The third kappa shape index (κ3) is 47.3. The van der Waals surface area contributed by atoms with Crippen LogP contribution in [0.3, 0.4) is 0 Å². The van der Waals surface area contributed by atoms with Crippen LogP contribution >= 0.6 is 7.82 Å². The average molecular weight is 864 g/mol. The molecule has 2 unspecified atom stereocenters. The molecule has 3 N–H and O–H groups in total. The largest absolute Gasteiger partial charge is 0.472 e. The molecular weight excluding hydrogens is 770 g/mol. The van der Waals surface area contributed by atoms with E-state index in [1.807, 2.05) is 0 Å². The zero-order chi connectivity index (χ0) is 43.7. The topological polar surface area (TPSA) is 117 Å². The number of phosphoric ester groups is 1. The summed E-state index contributed by atoms with van der Waals surface area (Å²) < 4.78 is 33.5. The second-order valence-electron chi connectivity index (χ2n) is 16.3. The molecule has 0 fully saturated rings. The third-order valence-electron chi connectivity index (χ3n) is 10.4. The molecule has 0 saturated heterocycles. The van der Waals surface area contributed by atoms with Gasteiger partial charge in [0.15, 0.2) is 0 Å². The second-order valence-corrected chi connectivity index (χ2v) is 17.8. The lowest BCUT2D eigenvalue weighted by molar-refractivity contribution is -0.154. The van der Waals surface area contributed by atoms with Gasteiger partial charge in [0.2, 0.25) is 0 Å². The molecule has 0 bridgehead atoms. The number of phosphoric acid groups is 1. The van der Waals surface area contributed by atoms with E-state index in [-0.39, 0.29) is 32.3 Å². The van der Waals surface area contributed by atoms with Crippen molar-refractivity contribution in [2.45, 2.75) is 225 Å². The summed E-state index contributed by atoms with van der Waals surface area (Å²) in [6.45, 7) is 4.87. The lowest BCUT2D eigenvalue weighted by Crippen LogP contribution is -2.28. The first-order chi connectivity index (χ1) is 29.4. The van der Waals surface area contributed by atoms with Gasteiger partial charge in [-0.15, -0.1) is 0 Å². The van der Waals surface area contributed by atoms with Crippen LogP contribution in [0.2, 0.25) is 0 Å². The van der Waals surface area contributed by atoms with Gasteiger partial charge in [0, 0.05) is 19.6 Å². The Morgan fingerprint density at radius 3 is 1.35 bits per heavy atom. The van der Waals surface area contributed by atoms with Gasteiger partial charge >= 0.3 is 13.8 Å². The summed E-state index contributed by atoms with van der Waals surface area (Å²) in [5.41, 5.74) is 5.38. The Labute approximate surface area is 370 Å². The number of hydrogen-bond donors (Lipinski definition) is 2. The van der Waals surface area contributed by atoms with Gasteiger partial charge in [-0.25, -0.2) is 4.57 Å². The summed E-state index contributed by atoms with van der Waals surface area (Å²) in [5, 5.41) is 0. The van der Waals surface area contributed by atoms with Gasteiger partial charge in [-0.1, -0.05) is 190 Å². The first kappa shape index (κ1) is 58.2. The van der Waals surface area contributed by atoms with Crippen molar-refractivity contribution >= 4 is 13.8 Å². The van der Waals surface area contributed by atoms with Crippen LogP contribution in [-0.2, 0) is 27.9 Å². The Morgan fingerprint density at radius 2 is 0.883 bits per heavy atom. The highest BCUT2D eigenvalue weighted by atomic mass is 31.2. The maximum atomic E-state index is 12.6. The summed E-state index contributed by atoms with van der Waals surface area (Å²) in [5.74, 6) is -0.345. The maximum Gasteiger partial charge on any atom is 0.472 e. The molecule has 2 atom stereocenters. The van der Waals surface area contributed by atoms with Crippen LogP contribution in [0.1, 0.15) is 219 Å². The Balaban J connectivity index is 3.95. The number of carbonyl (C=O) groups excluding carboxylic acids is 1. The van der Waals surface area contributed by atoms with Crippen molar-refractivity contribution in [3.63, 3.8) is 0 Å². The number of nitrogens with two attached hydrogens (primary N) is 1. The molecule has 350 valence electrons. The van der Waals surface area contributed by atoms with Gasteiger partial charge in [0.25, 0.3) is 0 Å². The normalized spacial score (nSPS) is 13.9. The van der Waals surface area contributed by atoms with Crippen molar-refractivity contribution in [1.82, 2.24) is 0 Å². The average Bonchev–Trinajstić information content (AvgIpc) is 3.24. The van der Waals surface area contributed by atoms with Gasteiger partial charge in [-0.05, 0) is 83.5 Å². The van der Waals surface area contributed by atoms with Crippen molar-refractivity contribution in [2.75, 3.05) is 33.0 Å². The van der Waals surface area contributed by atoms with Crippen molar-refractivity contribution in [2.24, 2.45) is 5.73 Å². The van der Waals surface area contributed by atoms with E-state index in [2.05, 4.69) is 74.6 Å². The van der Waals surface area contributed by atoms with Crippen LogP contribution < -0.4 is 5.73 Å². The highest BCUT2D eigenvalue weighted by Crippen LogP contribution is 2.43. The van der Waals surface area contributed by atoms with Gasteiger partial charge in [0.05, 0.1) is 19.8 Å². The molecule has 8 nitrogen and oxygen atoms in total. The fourth-order valence-electron chi connectivity index (χ4n) is 6.74. The second kappa shape index (κ2) is 48.2. The summed E-state index contributed by atoms with van der Waals surface area (Å²) in [7, 11) is -4.29. The lowest BCUT2D eigenvalue weighted by Gasteiger charge is -2.20. The Morgan fingerprint density at radius 1 is 0.500 bits per heavy atom. The zero-order valence-corrected chi connectivity index (χ0v) is 39.8. The minimum atomic E-state index is -4.29. The molecule has 0 aromatic rings. The minimum absolute atomic E-state index is 0.0954. The van der Waals surface area contributed by atoms with Crippen LogP contribution in [-0.4, -0.2) is 49.9 Å². The smallest absolute Gasteiger partial charge is 0.457 e. The van der Waals surface area contributed by atoms with Crippen LogP contribution in [0.25, 0.3) is 0 Å². The van der Waals surface area contributed by atoms with Gasteiger partial charge in [0.1, 0.15) is 6.10 Å². The summed E-state index contributed by atoms with van der Waals surface area (Å²) in [4.78, 5) is 22.5. The van der Waals surface area contributed by atoms with Crippen molar-refractivity contribution in [3.8, 4) is 0 Å². The van der Waals surface area contributed by atoms with Crippen molar-refractivity contribution in [1.29, 1.82) is 0 Å². The summed E-state index contributed by atoms with van der Waals surface area (Å²) in [6, 6.07) is 0. The van der Waals surface area contributed by atoms with Crippen molar-refractivity contribution < 1.29 is 32.8 Å². The summed E-state index contributed by atoms with van der Waals surface area (Å²) in [6.07, 6.45) is 59.6. The minimum Gasteiger partial charge on any atom is -0.457 e. The van der Waals surface area contributed by atoms with E-state index in [4.69, 9.17) is 24.3 Å². The number of esters is 1. The molecule has 0 amide bonds. The van der Waals surface area contributed by atoms with Crippen LogP contribution in [0.4, 0.5) is 0 Å². The van der Waals surface area contributed by atoms with E-state index < -0.39 is 13.9 Å². The SMILES string of the molecule is CCCCC/C=C\C/C=C\CCCCCCCC(=O)OC(COCCCCCCCCCCCCC/C=C\C/C=C\C/C=C\CCCCCCC)COP(=O)(O)OCCN. The number of unbranched alkanes of at least 4 members (excludes halogenated alkanes) is 24. The highest BCUT2D eigenvalue weighted by Gasteiger charge is 2.25. The number of allylic oxidation sites excluding steroid dienone is 10. The fourth-order valence-corrected chi connectivity index (χ4v) is 7.51. The first-order valence-corrected chi connectivity index (χ1v) is 26.3. The van der Waals surface area contributed by atoms with Gasteiger partial charge in [-0.3, -0.25) is 13.8 Å². The van der Waals surface area contributed by atoms with E-state index in [0.29, 0.717) is 13.0 Å². The van der Waals surface area contributed by atoms with E-state index in [0.717, 1.165) is 70.6 Å². The number of carbonyl (C=O) groups is 1. The Kier molecular flexibility index (Phi) is 46.8. The molecule has 0 aromatic carbocycles. The van der Waals surface area contributed by atoms with Crippen LogP contribution in [0, 0.1) is 0 Å². The van der Waals surface area contributed by atoms with E-state index >= 15 is 0 Å². The summed E-state index contributed by atoms with van der Waals surface area (Å²) >= 11 is 0. The molecular formula is C51H94NO7P. The highest BCUT2D eigenvalue weighted by molar-refractivity contribution is 7.47. The molecule has 0 spiro atoms. The van der Waals surface area contributed by atoms with Crippen LogP contribution in [0.15, 0.2) is 60.8 Å². The maximum absolute atomic E-state index is 12.6. The van der Waals surface area contributed by atoms with E-state index in [9.17, 15) is 14.3 Å². The molecule has 0 aliphatic carbocycles. The van der Waals surface area contributed by atoms with Crippen molar-refractivity contribution in [3.05, 3.63) is 60.8 Å². The molecule has 0 radical (unpaired) electrons. The fraction of sp³-hybridized carbons (Fsp3) is 0.784. The monoisotopic (exact) mass is 864 g/mol. The molecule has 0 aromatic heterocycles. The molecule has 0 heterocycles. The predicted molar refractivity (Wildman–Crippen MR) is 256 cm³/mol. The molecule has 0 rings (SSSR count). The number of ether oxygens (including phenoxy) is 2. The van der Waals surface area contributed by atoms with Crippen LogP contribution in [0.5, 0.6) is 0 Å². The quantitative estimate of drug-likeness (QED) is 0.0269. The Bertz CT molecular complexity index is 1110. The zero-order valence-electron chi connectivity index (χ0n) is 38.9. The lowest BCUT2D eigenvalue weighted by atomic mass is 10.1. The Hall–Kier alpha value is -1.80. The van der Waals surface area contributed by atoms with Gasteiger partial charge in [-0.2, -0.15) is 0 Å². The predicted octanol–water partition coefficient (Wildman–Crippen LogP) is 15.3.